The van der Waals surface area contributed by atoms with Crippen molar-refractivity contribution in [2.45, 2.75) is 65.9 Å². The lowest BCUT2D eigenvalue weighted by molar-refractivity contribution is -0.0688. The van der Waals surface area contributed by atoms with E-state index in [4.69, 9.17) is 0 Å². The SMILES string of the molecule is C=C1CCC[C@]2(C)C[C@H](O)[C@@H](C(C)(C)C)C[C@@H]12. The van der Waals surface area contributed by atoms with Gasteiger partial charge in [-0.25, -0.2) is 0 Å². The number of fused-ring (bicyclic) bond motifs is 1. The molecule has 0 aliphatic heterocycles. The van der Waals surface area contributed by atoms with Crippen LogP contribution in [0.1, 0.15) is 59.8 Å². The lowest BCUT2D eigenvalue weighted by atomic mass is 9.53. The molecule has 0 radical (unpaired) electrons. The summed E-state index contributed by atoms with van der Waals surface area (Å²) in [6.45, 7) is 13.4. The number of hydrogen-bond acceptors (Lipinski definition) is 1. The molecule has 0 heterocycles. The van der Waals surface area contributed by atoms with Gasteiger partial charge in [-0.05, 0) is 54.8 Å². The van der Waals surface area contributed by atoms with Gasteiger partial charge in [-0.2, -0.15) is 0 Å². The summed E-state index contributed by atoms with van der Waals surface area (Å²) in [6, 6.07) is 0. The molecule has 2 fully saturated rings. The van der Waals surface area contributed by atoms with Crippen molar-refractivity contribution in [3.05, 3.63) is 12.2 Å². The van der Waals surface area contributed by atoms with Crippen LogP contribution >= 0.6 is 0 Å². The van der Waals surface area contributed by atoms with Gasteiger partial charge in [0.25, 0.3) is 0 Å². The molecule has 17 heavy (non-hydrogen) atoms. The molecule has 98 valence electrons. The zero-order valence-corrected chi connectivity index (χ0v) is 11.9. The lowest BCUT2D eigenvalue weighted by Gasteiger charge is -2.53. The summed E-state index contributed by atoms with van der Waals surface area (Å²) in [4.78, 5) is 0. The molecule has 1 nitrogen and oxygen atoms in total. The van der Waals surface area contributed by atoms with Crippen LogP contribution in [0.3, 0.4) is 0 Å². The zero-order valence-electron chi connectivity index (χ0n) is 11.9. The topological polar surface area (TPSA) is 20.2 Å². The average molecular weight is 236 g/mol. The van der Waals surface area contributed by atoms with Crippen molar-refractivity contribution in [2.75, 3.05) is 0 Å². The fourth-order valence-corrected chi connectivity index (χ4v) is 4.22. The van der Waals surface area contributed by atoms with Gasteiger partial charge in [0.1, 0.15) is 0 Å². The quantitative estimate of drug-likeness (QED) is 0.626. The second-order valence-corrected chi connectivity index (χ2v) is 7.70. The fourth-order valence-electron chi connectivity index (χ4n) is 4.22. The van der Waals surface area contributed by atoms with Crippen molar-refractivity contribution in [1.29, 1.82) is 0 Å². The summed E-state index contributed by atoms with van der Waals surface area (Å²) in [5, 5.41) is 10.5. The monoisotopic (exact) mass is 236 g/mol. The van der Waals surface area contributed by atoms with Crippen LogP contribution < -0.4 is 0 Å². The summed E-state index contributed by atoms with van der Waals surface area (Å²) in [7, 11) is 0. The molecule has 2 aliphatic carbocycles. The Labute approximate surface area is 106 Å². The Balaban J connectivity index is 2.23. The van der Waals surface area contributed by atoms with Crippen molar-refractivity contribution in [3.8, 4) is 0 Å². The van der Waals surface area contributed by atoms with E-state index in [2.05, 4.69) is 34.3 Å². The Morgan fingerprint density at radius 2 is 2.00 bits per heavy atom. The maximum absolute atomic E-state index is 10.5. The zero-order chi connectivity index (χ0) is 12.8. The highest BCUT2D eigenvalue weighted by Gasteiger charge is 2.49. The smallest absolute Gasteiger partial charge is 0.0579 e. The minimum absolute atomic E-state index is 0.123. The number of rotatable bonds is 0. The van der Waals surface area contributed by atoms with E-state index in [1.807, 2.05) is 0 Å². The maximum Gasteiger partial charge on any atom is 0.0579 e. The van der Waals surface area contributed by atoms with Crippen molar-refractivity contribution in [1.82, 2.24) is 0 Å². The van der Waals surface area contributed by atoms with E-state index in [-0.39, 0.29) is 11.5 Å². The first-order chi connectivity index (χ1) is 7.74. The average Bonchev–Trinajstić information content (AvgIpc) is 2.13. The minimum Gasteiger partial charge on any atom is -0.393 e. The van der Waals surface area contributed by atoms with Crippen molar-refractivity contribution in [3.63, 3.8) is 0 Å². The molecule has 2 saturated carbocycles. The Bertz CT molecular complexity index is 312. The Hall–Kier alpha value is -0.300. The molecular weight excluding hydrogens is 208 g/mol. The summed E-state index contributed by atoms with van der Waals surface area (Å²) in [5.74, 6) is 1.07. The third kappa shape index (κ3) is 2.31. The first-order valence-electron chi connectivity index (χ1n) is 7.10. The van der Waals surface area contributed by atoms with E-state index in [1.165, 1.54) is 24.8 Å². The summed E-state index contributed by atoms with van der Waals surface area (Å²) in [6.07, 6.45) is 5.72. The minimum atomic E-state index is -0.123. The predicted molar refractivity (Wildman–Crippen MR) is 72.8 cm³/mol. The van der Waals surface area contributed by atoms with E-state index in [1.54, 1.807) is 0 Å². The standard InChI is InChI=1S/C16H28O/c1-11-7-6-8-16(5)10-14(17)13(9-12(11)16)15(2,3)4/h12-14,17H,1,6-10H2,2-5H3/t12-,13-,14-,16+/m0/s1. The molecule has 2 rings (SSSR count). The molecule has 0 amide bonds. The molecule has 0 unspecified atom stereocenters. The van der Waals surface area contributed by atoms with Gasteiger partial charge in [0.2, 0.25) is 0 Å². The molecule has 0 aromatic carbocycles. The van der Waals surface area contributed by atoms with E-state index in [0.717, 1.165) is 12.8 Å². The van der Waals surface area contributed by atoms with Crippen LogP contribution in [0.4, 0.5) is 0 Å². The number of hydrogen-bond donors (Lipinski definition) is 1. The van der Waals surface area contributed by atoms with Gasteiger partial charge in [-0.1, -0.05) is 39.8 Å². The number of aliphatic hydroxyl groups is 1. The second kappa shape index (κ2) is 4.12. The van der Waals surface area contributed by atoms with Crippen LogP contribution in [0.15, 0.2) is 12.2 Å². The van der Waals surface area contributed by atoms with Gasteiger partial charge >= 0.3 is 0 Å². The summed E-state index contributed by atoms with van der Waals surface area (Å²) >= 11 is 0. The molecule has 0 spiro atoms. The third-order valence-corrected chi connectivity index (χ3v) is 5.32. The first kappa shape index (κ1) is 13.1. The van der Waals surface area contributed by atoms with Crippen LogP contribution in [0, 0.1) is 22.7 Å². The molecule has 0 bridgehead atoms. The highest BCUT2D eigenvalue weighted by atomic mass is 16.3. The van der Waals surface area contributed by atoms with Gasteiger partial charge in [0.15, 0.2) is 0 Å². The molecule has 0 saturated heterocycles. The molecule has 0 aromatic rings. The van der Waals surface area contributed by atoms with Gasteiger partial charge in [-0.3, -0.25) is 0 Å². The Morgan fingerprint density at radius 3 is 2.59 bits per heavy atom. The van der Waals surface area contributed by atoms with Crippen molar-refractivity contribution in [2.24, 2.45) is 22.7 Å². The number of aliphatic hydroxyl groups excluding tert-OH is 1. The van der Waals surface area contributed by atoms with E-state index < -0.39 is 0 Å². The lowest BCUT2D eigenvalue weighted by Crippen LogP contribution is -2.48. The number of allylic oxidation sites excluding steroid dienone is 1. The molecule has 1 N–H and O–H groups in total. The van der Waals surface area contributed by atoms with Crippen LogP contribution in [-0.2, 0) is 0 Å². The fraction of sp³-hybridized carbons (Fsp3) is 0.875. The van der Waals surface area contributed by atoms with Crippen molar-refractivity contribution < 1.29 is 5.11 Å². The predicted octanol–water partition coefficient (Wildman–Crippen LogP) is 4.17. The van der Waals surface area contributed by atoms with Crippen molar-refractivity contribution >= 4 is 0 Å². The van der Waals surface area contributed by atoms with Gasteiger partial charge in [-0.15, -0.1) is 0 Å². The third-order valence-electron chi connectivity index (χ3n) is 5.32. The van der Waals surface area contributed by atoms with Gasteiger partial charge < -0.3 is 5.11 Å². The summed E-state index contributed by atoms with van der Waals surface area (Å²) in [5.41, 5.74) is 1.97. The second-order valence-electron chi connectivity index (χ2n) is 7.70. The van der Waals surface area contributed by atoms with Crippen LogP contribution in [0.25, 0.3) is 0 Å². The van der Waals surface area contributed by atoms with E-state index in [9.17, 15) is 5.11 Å². The van der Waals surface area contributed by atoms with Crippen LogP contribution in [-0.4, -0.2) is 11.2 Å². The van der Waals surface area contributed by atoms with Crippen LogP contribution in [0.5, 0.6) is 0 Å². The molecule has 2 aliphatic rings. The highest BCUT2D eigenvalue weighted by Crippen LogP contribution is 2.56. The first-order valence-corrected chi connectivity index (χ1v) is 7.10. The Kier molecular flexibility index (Phi) is 3.18. The molecule has 1 heteroatoms. The maximum atomic E-state index is 10.5. The van der Waals surface area contributed by atoms with Gasteiger partial charge in [0.05, 0.1) is 6.10 Å². The largest absolute Gasteiger partial charge is 0.393 e. The molecule has 4 atom stereocenters. The Morgan fingerprint density at radius 1 is 1.35 bits per heavy atom. The van der Waals surface area contributed by atoms with E-state index in [0.29, 0.717) is 17.3 Å². The van der Waals surface area contributed by atoms with Gasteiger partial charge in [0, 0.05) is 0 Å². The highest BCUT2D eigenvalue weighted by molar-refractivity contribution is 5.14. The summed E-state index contributed by atoms with van der Waals surface area (Å²) < 4.78 is 0. The molecular formula is C16H28O. The van der Waals surface area contributed by atoms with Crippen LogP contribution in [0.2, 0.25) is 0 Å². The van der Waals surface area contributed by atoms with E-state index >= 15 is 0 Å². The normalized spacial score (nSPS) is 43.4. The molecule has 0 aromatic heterocycles.